The Morgan fingerprint density at radius 1 is 1.19 bits per heavy atom. The lowest BCUT2D eigenvalue weighted by Gasteiger charge is -2.39. The first-order valence-electron chi connectivity index (χ1n) is 11.9. The number of amides is 3. The van der Waals surface area contributed by atoms with Crippen LogP contribution in [0.4, 0.5) is 18.0 Å². The van der Waals surface area contributed by atoms with Crippen molar-refractivity contribution >= 4 is 24.0 Å². The summed E-state index contributed by atoms with van der Waals surface area (Å²) in [6.45, 7) is 4.04. The van der Waals surface area contributed by atoms with Crippen LogP contribution in [0.1, 0.15) is 38.2 Å². The van der Waals surface area contributed by atoms with Gasteiger partial charge < -0.3 is 30.3 Å². The van der Waals surface area contributed by atoms with Gasteiger partial charge >= 0.3 is 12.5 Å². The van der Waals surface area contributed by atoms with Crippen LogP contribution in [0.15, 0.2) is 30.3 Å². The summed E-state index contributed by atoms with van der Waals surface area (Å²) in [6, 6.07) is 5.10. The van der Waals surface area contributed by atoms with Gasteiger partial charge in [-0.2, -0.15) is 0 Å². The van der Waals surface area contributed by atoms with Crippen molar-refractivity contribution in [1.29, 1.82) is 0 Å². The van der Waals surface area contributed by atoms with Gasteiger partial charge in [-0.1, -0.05) is 12.1 Å². The molecule has 3 amide bonds. The highest BCUT2D eigenvalue weighted by molar-refractivity contribution is 5.97. The molecule has 2 aliphatic heterocycles. The second-order valence-corrected chi connectivity index (χ2v) is 8.71. The number of ether oxygens (including phenoxy) is 2. The van der Waals surface area contributed by atoms with Gasteiger partial charge in [0.25, 0.3) is 0 Å². The van der Waals surface area contributed by atoms with Gasteiger partial charge in [-0.3, -0.25) is 9.59 Å². The molecule has 2 aliphatic rings. The van der Waals surface area contributed by atoms with Gasteiger partial charge in [0.05, 0.1) is 6.61 Å². The smallest absolute Gasteiger partial charge is 0.450 e. The van der Waals surface area contributed by atoms with Gasteiger partial charge in [0.2, 0.25) is 11.8 Å². The summed E-state index contributed by atoms with van der Waals surface area (Å²) in [7, 11) is 0. The van der Waals surface area contributed by atoms with E-state index in [9.17, 15) is 27.6 Å². The van der Waals surface area contributed by atoms with Crippen molar-refractivity contribution in [1.82, 2.24) is 20.9 Å². The van der Waals surface area contributed by atoms with Crippen molar-refractivity contribution < 1.29 is 37.0 Å². The van der Waals surface area contributed by atoms with E-state index in [1.165, 1.54) is 24.3 Å². The first-order valence-corrected chi connectivity index (χ1v) is 11.9. The lowest BCUT2D eigenvalue weighted by molar-refractivity contribution is -0.274. The van der Waals surface area contributed by atoms with Crippen LogP contribution in [-0.4, -0.2) is 73.5 Å². The lowest BCUT2D eigenvalue weighted by Crippen LogP contribution is -2.64. The minimum atomic E-state index is -4.82. The second kappa shape index (κ2) is 12.1. The zero-order chi connectivity index (χ0) is 26.2. The molecule has 0 spiro atoms. The molecule has 36 heavy (non-hydrogen) atoms. The molecular weight excluding hydrogens is 481 g/mol. The number of carbonyl (C=O) groups is 3. The van der Waals surface area contributed by atoms with Crippen molar-refractivity contribution in [2.75, 3.05) is 32.8 Å². The van der Waals surface area contributed by atoms with Crippen molar-refractivity contribution in [3.8, 4) is 5.75 Å². The quantitative estimate of drug-likeness (QED) is 0.485. The topological polar surface area (TPSA) is 109 Å². The van der Waals surface area contributed by atoms with E-state index >= 15 is 0 Å². The molecular formula is C24H31F3N4O5. The number of alkyl halides is 3. The average molecular weight is 513 g/mol. The second-order valence-electron chi connectivity index (χ2n) is 8.71. The number of likely N-dealkylation sites (tertiary alicyclic amines) is 1. The van der Waals surface area contributed by atoms with Crippen molar-refractivity contribution in [2.45, 2.75) is 50.6 Å². The van der Waals surface area contributed by atoms with Gasteiger partial charge in [-0.05, 0) is 69.5 Å². The number of rotatable bonds is 7. The Morgan fingerprint density at radius 2 is 1.89 bits per heavy atom. The third-order valence-electron chi connectivity index (χ3n) is 6.13. The zero-order valence-corrected chi connectivity index (χ0v) is 20.0. The number of nitrogens with zero attached hydrogens (tertiary/aromatic N) is 1. The highest BCUT2D eigenvalue weighted by atomic mass is 19.4. The maximum atomic E-state index is 13.3. The Balaban J connectivity index is 1.60. The highest BCUT2D eigenvalue weighted by Gasteiger charge is 2.41. The average Bonchev–Trinajstić information content (AvgIpc) is 2.83. The van der Waals surface area contributed by atoms with E-state index < -0.39 is 23.6 Å². The van der Waals surface area contributed by atoms with E-state index in [2.05, 4.69) is 20.7 Å². The molecule has 2 saturated heterocycles. The molecule has 0 bridgehead atoms. The van der Waals surface area contributed by atoms with Gasteiger partial charge in [0.1, 0.15) is 11.3 Å². The van der Waals surface area contributed by atoms with Crippen LogP contribution >= 0.6 is 0 Å². The Labute approximate surface area is 207 Å². The van der Waals surface area contributed by atoms with Gasteiger partial charge in [-0.25, -0.2) is 4.79 Å². The zero-order valence-electron chi connectivity index (χ0n) is 20.0. The summed E-state index contributed by atoms with van der Waals surface area (Å²) in [5, 5.41) is 9.01. The Morgan fingerprint density at radius 3 is 2.53 bits per heavy atom. The maximum absolute atomic E-state index is 13.3. The van der Waals surface area contributed by atoms with Crippen molar-refractivity contribution in [3.63, 3.8) is 0 Å². The third kappa shape index (κ3) is 7.87. The highest BCUT2D eigenvalue weighted by Crippen LogP contribution is 2.24. The van der Waals surface area contributed by atoms with E-state index in [1.807, 2.05) is 0 Å². The lowest BCUT2D eigenvalue weighted by atomic mass is 9.86. The predicted octanol–water partition coefficient (Wildman–Crippen LogP) is 2.57. The number of carbonyl (C=O) groups excluding carboxylic acids is 3. The van der Waals surface area contributed by atoms with Crippen LogP contribution in [0.5, 0.6) is 5.75 Å². The Kier molecular flexibility index (Phi) is 9.19. The standard InChI is InChI=1S/C24H31F3N4O5/c1-2-35-22(34)31-14-8-18(9-15-31)29-21(33)23(10-12-28-13-11-23)30-20(32)7-6-17-4-3-5-19(16-17)36-24(25,26)27/h3-7,16,18,28H,2,8-15H2,1H3,(H,29,33)(H,30,32). The number of halogens is 3. The molecule has 3 N–H and O–H groups in total. The predicted molar refractivity (Wildman–Crippen MR) is 125 cm³/mol. The summed E-state index contributed by atoms with van der Waals surface area (Å²) in [4.78, 5) is 39.5. The molecule has 9 nitrogen and oxygen atoms in total. The third-order valence-corrected chi connectivity index (χ3v) is 6.13. The Bertz CT molecular complexity index is 955. The molecule has 2 fully saturated rings. The molecule has 0 saturated carbocycles. The Hall–Kier alpha value is -3.28. The SMILES string of the molecule is CCOC(=O)N1CCC(NC(=O)C2(NC(=O)C=Cc3cccc(OC(F)(F)F)c3)CCNCC2)CC1. The number of piperidine rings is 2. The summed E-state index contributed by atoms with van der Waals surface area (Å²) in [5.41, 5.74) is -0.782. The minimum absolute atomic E-state index is 0.140. The maximum Gasteiger partial charge on any atom is 0.573 e. The molecule has 0 aliphatic carbocycles. The summed E-state index contributed by atoms with van der Waals surface area (Å²) in [6.07, 6.45) is -0.732. The largest absolute Gasteiger partial charge is 0.573 e. The van der Waals surface area contributed by atoms with Gasteiger partial charge in [0.15, 0.2) is 0 Å². The van der Waals surface area contributed by atoms with Crippen LogP contribution < -0.4 is 20.7 Å². The molecule has 0 atom stereocenters. The molecule has 12 heteroatoms. The van der Waals surface area contributed by atoms with E-state index in [4.69, 9.17) is 4.74 Å². The fraction of sp³-hybridized carbons (Fsp3) is 0.542. The first kappa shape index (κ1) is 27.3. The molecule has 3 rings (SSSR count). The molecule has 2 heterocycles. The van der Waals surface area contributed by atoms with Crippen molar-refractivity contribution in [2.24, 2.45) is 0 Å². The first-order chi connectivity index (χ1) is 17.1. The fourth-order valence-corrected chi connectivity index (χ4v) is 4.27. The van der Waals surface area contributed by atoms with Crippen LogP contribution in [0.2, 0.25) is 0 Å². The number of nitrogens with one attached hydrogen (secondary N) is 3. The van der Waals surface area contributed by atoms with Gasteiger partial charge in [-0.15, -0.1) is 13.2 Å². The monoisotopic (exact) mass is 512 g/mol. The van der Waals surface area contributed by atoms with Crippen LogP contribution in [-0.2, 0) is 14.3 Å². The summed E-state index contributed by atoms with van der Waals surface area (Å²) < 4.78 is 46.3. The molecule has 198 valence electrons. The fourth-order valence-electron chi connectivity index (χ4n) is 4.27. The number of hydrogen-bond acceptors (Lipinski definition) is 6. The van der Waals surface area contributed by atoms with E-state index in [0.717, 1.165) is 12.1 Å². The summed E-state index contributed by atoms with van der Waals surface area (Å²) >= 11 is 0. The van der Waals surface area contributed by atoms with Crippen molar-refractivity contribution in [3.05, 3.63) is 35.9 Å². The molecule has 0 unspecified atom stereocenters. The summed E-state index contributed by atoms with van der Waals surface area (Å²) in [5.74, 6) is -1.22. The minimum Gasteiger partial charge on any atom is -0.450 e. The van der Waals surface area contributed by atoms with E-state index in [1.54, 1.807) is 11.8 Å². The molecule has 0 aromatic heterocycles. The number of hydrogen-bond donors (Lipinski definition) is 3. The molecule has 1 aromatic carbocycles. The molecule has 1 aromatic rings. The van der Waals surface area contributed by atoms with E-state index in [-0.39, 0.29) is 18.0 Å². The van der Waals surface area contributed by atoms with Crippen LogP contribution in [0.25, 0.3) is 6.08 Å². The van der Waals surface area contributed by atoms with Crippen LogP contribution in [0, 0.1) is 0 Å². The normalized spacial score (nSPS) is 18.5. The molecule has 0 radical (unpaired) electrons. The van der Waals surface area contributed by atoms with Gasteiger partial charge in [0, 0.05) is 25.2 Å². The number of benzene rings is 1. The van der Waals surface area contributed by atoms with Crippen LogP contribution in [0.3, 0.4) is 0 Å². The van der Waals surface area contributed by atoms with E-state index in [0.29, 0.717) is 64.0 Å².